The Morgan fingerprint density at radius 2 is 0.974 bits per heavy atom. The van der Waals surface area contributed by atoms with Crippen LogP contribution in [0.3, 0.4) is 0 Å². The quantitative estimate of drug-likeness (QED) is 0.428. The van der Waals surface area contributed by atoms with Crippen molar-refractivity contribution in [3.05, 3.63) is 80.6 Å². The number of benzene rings is 2. The van der Waals surface area contributed by atoms with Crippen molar-refractivity contribution in [2.45, 2.75) is 39.5 Å². The third-order valence-corrected chi connectivity index (χ3v) is 8.93. The average molecular weight is 545 g/mol. The first-order chi connectivity index (χ1) is 18.3. The molecule has 0 aliphatic carbocycles. The van der Waals surface area contributed by atoms with Crippen LogP contribution < -0.4 is 0 Å². The van der Waals surface area contributed by atoms with Crippen molar-refractivity contribution >= 4 is 57.8 Å². The molecule has 0 radical (unpaired) electrons. The summed E-state index contributed by atoms with van der Waals surface area (Å²) < 4.78 is 0. The maximum Gasteiger partial charge on any atom is 0.286 e. The number of thioether (sulfide) groups is 2. The van der Waals surface area contributed by atoms with Crippen molar-refractivity contribution in [3.8, 4) is 0 Å². The number of carbonyl (C=O) groups is 2. The van der Waals surface area contributed by atoms with Crippen molar-refractivity contribution in [2.75, 3.05) is 26.2 Å². The van der Waals surface area contributed by atoms with Crippen LogP contribution in [0.4, 0.5) is 0 Å². The second-order valence-electron chi connectivity index (χ2n) is 10.2. The predicted octanol–water partition coefficient (Wildman–Crippen LogP) is 6.19. The van der Waals surface area contributed by atoms with E-state index >= 15 is 0 Å². The smallest absolute Gasteiger partial charge is 0.286 e. The van der Waals surface area contributed by atoms with E-state index in [0.717, 1.165) is 47.6 Å². The summed E-state index contributed by atoms with van der Waals surface area (Å²) in [5.41, 5.74) is 4.57. The van der Waals surface area contributed by atoms with Crippen molar-refractivity contribution in [1.29, 1.82) is 0 Å². The van der Waals surface area contributed by atoms with E-state index in [1.54, 1.807) is 0 Å². The highest BCUT2D eigenvalue weighted by atomic mass is 32.2. The van der Waals surface area contributed by atoms with Gasteiger partial charge in [0.2, 0.25) is 0 Å². The summed E-state index contributed by atoms with van der Waals surface area (Å²) in [6.07, 6.45) is 3.84. The van der Waals surface area contributed by atoms with Crippen LogP contribution in [-0.2, 0) is 9.59 Å². The van der Waals surface area contributed by atoms with Crippen LogP contribution in [0.15, 0.2) is 68.3 Å². The van der Waals surface area contributed by atoms with Gasteiger partial charge in [-0.3, -0.25) is 9.59 Å². The number of hydrogen-bond acceptors (Lipinski definition) is 6. The Morgan fingerprint density at radius 3 is 1.29 bits per heavy atom. The number of hydrogen-bond donors (Lipinski definition) is 0. The summed E-state index contributed by atoms with van der Waals surface area (Å²) >= 11 is 2.88. The van der Waals surface area contributed by atoms with Crippen LogP contribution in [0, 0.1) is 0 Å². The number of carbonyl (C=O) groups excluding carboxylic acids is 2. The van der Waals surface area contributed by atoms with E-state index in [1.807, 2.05) is 12.2 Å². The second kappa shape index (κ2) is 11.3. The Bertz CT molecular complexity index is 1240. The molecule has 196 valence electrons. The van der Waals surface area contributed by atoms with E-state index in [4.69, 9.17) is 0 Å². The molecule has 38 heavy (non-hydrogen) atoms. The van der Waals surface area contributed by atoms with Gasteiger partial charge >= 0.3 is 0 Å². The predicted molar refractivity (Wildman–Crippen MR) is 160 cm³/mol. The second-order valence-corrected chi connectivity index (χ2v) is 12.3. The number of piperazine rings is 1. The summed E-state index contributed by atoms with van der Waals surface area (Å²) in [5, 5.41) is 1.50. The highest BCUT2D eigenvalue weighted by molar-refractivity contribution is 8.18. The van der Waals surface area contributed by atoms with Gasteiger partial charge in [0.25, 0.3) is 11.8 Å². The lowest BCUT2D eigenvalue weighted by atomic mass is 10.0. The third-order valence-electron chi connectivity index (χ3n) is 6.84. The molecule has 0 bridgehead atoms. The van der Waals surface area contributed by atoms with E-state index in [2.05, 4.69) is 96.0 Å². The molecule has 0 saturated carbocycles. The highest BCUT2D eigenvalue weighted by Crippen LogP contribution is 2.33. The van der Waals surface area contributed by atoms with Crippen LogP contribution in [0.2, 0.25) is 0 Å². The Balaban J connectivity index is 1.16. The molecule has 8 heteroatoms. The SMILES string of the molecule is CC(C)c1ccc(/C=C2\SC(N3CCN(C4=NC(=O)/C(=C/c5ccc(C(C)C)cc5)S4)CC3)=NC2=O)cc1. The van der Waals surface area contributed by atoms with Crippen molar-refractivity contribution < 1.29 is 9.59 Å². The summed E-state index contributed by atoms with van der Waals surface area (Å²) in [5.74, 6) is 0.587. The van der Waals surface area contributed by atoms with Gasteiger partial charge in [-0.15, -0.1) is 0 Å². The monoisotopic (exact) mass is 544 g/mol. The van der Waals surface area contributed by atoms with Gasteiger partial charge in [0.1, 0.15) is 0 Å². The minimum Gasteiger partial charge on any atom is -0.347 e. The van der Waals surface area contributed by atoms with Gasteiger partial charge in [-0.25, -0.2) is 0 Å². The molecule has 0 atom stereocenters. The lowest BCUT2D eigenvalue weighted by Crippen LogP contribution is -2.49. The van der Waals surface area contributed by atoms with E-state index in [-0.39, 0.29) is 11.8 Å². The standard InChI is InChI=1S/C30H32N4O2S2/c1-19(2)23-9-5-21(6-10-23)17-25-27(35)31-29(37-25)33-13-15-34(16-14-33)30-32-28(36)26(38-30)18-22-7-11-24(12-8-22)20(3)4/h5-12,17-20H,13-16H2,1-4H3/b25-17-,26-18-. The van der Waals surface area contributed by atoms with Gasteiger partial charge < -0.3 is 9.80 Å². The van der Waals surface area contributed by atoms with Crippen molar-refractivity contribution in [3.63, 3.8) is 0 Å². The lowest BCUT2D eigenvalue weighted by molar-refractivity contribution is -0.114. The maximum absolute atomic E-state index is 12.6. The molecule has 3 heterocycles. The average Bonchev–Trinajstić information content (AvgIpc) is 3.46. The molecule has 2 aromatic rings. The molecule has 2 amide bonds. The van der Waals surface area contributed by atoms with E-state index in [1.165, 1.54) is 34.7 Å². The minimum absolute atomic E-state index is 0.183. The van der Waals surface area contributed by atoms with Crippen molar-refractivity contribution in [2.24, 2.45) is 9.98 Å². The summed E-state index contributed by atoms with van der Waals surface area (Å²) in [7, 11) is 0. The molecule has 0 spiro atoms. The molecule has 1 fully saturated rings. The van der Waals surface area contributed by atoms with E-state index in [0.29, 0.717) is 21.6 Å². The molecule has 0 N–H and O–H groups in total. The summed E-state index contributed by atoms with van der Waals surface area (Å²) in [6, 6.07) is 16.7. The molecule has 2 aromatic carbocycles. The highest BCUT2D eigenvalue weighted by Gasteiger charge is 2.32. The van der Waals surface area contributed by atoms with Gasteiger partial charge in [-0.2, -0.15) is 9.98 Å². The van der Waals surface area contributed by atoms with Crippen LogP contribution in [0.25, 0.3) is 12.2 Å². The molecule has 1 saturated heterocycles. The normalized spacial score (nSPS) is 20.4. The van der Waals surface area contributed by atoms with Crippen LogP contribution >= 0.6 is 23.5 Å². The third kappa shape index (κ3) is 5.97. The Kier molecular flexibility index (Phi) is 7.91. The zero-order valence-corrected chi connectivity index (χ0v) is 23.8. The van der Waals surface area contributed by atoms with E-state index < -0.39 is 0 Å². The zero-order chi connectivity index (χ0) is 26.8. The number of rotatable bonds is 4. The zero-order valence-electron chi connectivity index (χ0n) is 22.2. The molecule has 6 nitrogen and oxygen atoms in total. The summed E-state index contributed by atoms with van der Waals surface area (Å²) in [4.78, 5) is 39.4. The van der Waals surface area contributed by atoms with Gasteiger partial charge in [-0.1, -0.05) is 76.2 Å². The van der Waals surface area contributed by atoms with Crippen LogP contribution in [0.5, 0.6) is 0 Å². The molecule has 3 aliphatic heterocycles. The summed E-state index contributed by atoms with van der Waals surface area (Å²) in [6.45, 7) is 11.6. The Morgan fingerprint density at radius 1 is 0.632 bits per heavy atom. The first kappa shape index (κ1) is 26.5. The van der Waals surface area contributed by atoms with Gasteiger partial charge in [-0.05, 0) is 69.8 Å². The van der Waals surface area contributed by atoms with Crippen molar-refractivity contribution in [1.82, 2.24) is 9.80 Å². The largest absolute Gasteiger partial charge is 0.347 e. The fourth-order valence-corrected chi connectivity index (χ4v) is 6.34. The van der Waals surface area contributed by atoms with E-state index in [9.17, 15) is 9.59 Å². The fraction of sp³-hybridized carbons (Fsp3) is 0.333. The van der Waals surface area contributed by atoms with Gasteiger partial charge in [0.05, 0.1) is 9.81 Å². The topological polar surface area (TPSA) is 65.3 Å². The number of amides is 2. The minimum atomic E-state index is -0.183. The van der Waals surface area contributed by atoms with Crippen LogP contribution in [0.1, 0.15) is 61.8 Å². The van der Waals surface area contributed by atoms with Crippen LogP contribution in [-0.4, -0.2) is 58.1 Å². The molecule has 3 aliphatic rings. The number of amidine groups is 2. The molecule has 5 rings (SSSR count). The maximum atomic E-state index is 12.6. The van der Waals surface area contributed by atoms with Gasteiger partial charge in [0, 0.05) is 26.2 Å². The number of aliphatic imine (C=N–C) groups is 2. The Labute approximate surface area is 233 Å². The number of nitrogens with zero attached hydrogens (tertiary/aromatic N) is 4. The lowest BCUT2D eigenvalue weighted by Gasteiger charge is -2.35. The molecular weight excluding hydrogens is 512 g/mol. The fourth-order valence-electron chi connectivity index (χ4n) is 4.41. The first-order valence-corrected chi connectivity index (χ1v) is 14.6. The first-order valence-electron chi connectivity index (χ1n) is 13.0. The molecular formula is C30H32N4O2S2. The Hall–Kier alpha value is -3.10. The van der Waals surface area contributed by atoms with Gasteiger partial charge in [0.15, 0.2) is 10.3 Å². The molecule has 0 unspecified atom stereocenters. The molecule has 0 aromatic heterocycles.